The standard InChI is InChI=1S/C23H18ClN3O2S2/c1-27(18-8-3-2-4-9-18)21(28)14-30-23-26-19-11-10-17(13-20(19)31-23)25-22(29)15-6-5-7-16(24)12-15/h2-13H,14H2,1H3,(H,25,29). The van der Waals surface area contributed by atoms with Gasteiger partial charge in [0.05, 0.1) is 16.0 Å². The van der Waals surface area contributed by atoms with Crippen molar-refractivity contribution in [3.8, 4) is 0 Å². The van der Waals surface area contributed by atoms with E-state index in [1.807, 2.05) is 48.5 Å². The second-order valence-electron chi connectivity index (χ2n) is 6.70. The number of carbonyl (C=O) groups is 2. The molecule has 0 aliphatic carbocycles. The number of nitrogens with zero attached hydrogens (tertiary/aromatic N) is 2. The number of para-hydroxylation sites is 1. The Labute approximate surface area is 193 Å². The lowest BCUT2D eigenvalue weighted by Crippen LogP contribution is -2.27. The molecule has 0 saturated carbocycles. The average molecular weight is 468 g/mol. The number of benzene rings is 3. The predicted molar refractivity (Wildman–Crippen MR) is 130 cm³/mol. The summed E-state index contributed by atoms with van der Waals surface area (Å²) in [6, 6.07) is 21.9. The van der Waals surface area contributed by atoms with E-state index >= 15 is 0 Å². The van der Waals surface area contributed by atoms with Gasteiger partial charge in [0.25, 0.3) is 5.91 Å². The molecule has 0 fully saturated rings. The quantitative estimate of drug-likeness (QED) is 0.355. The van der Waals surface area contributed by atoms with Crippen LogP contribution in [-0.2, 0) is 4.79 Å². The summed E-state index contributed by atoms with van der Waals surface area (Å²) < 4.78 is 1.75. The van der Waals surface area contributed by atoms with Crippen LogP contribution in [0.2, 0.25) is 5.02 Å². The molecule has 0 aliphatic rings. The van der Waals surface area contributed by atoms with Gasteiger partial charge < -0.3 is 10.2 Å². The fourth-order valence-electron chi connectivity index (χ4n) is 2.89. The van der Waals surface area contributed by atoms with E-state index in [0.29, 0.717) is 22.0 Å². The summed E-state index contributed by atoms with van der Waals surface area (Å²) in [6.45, 7) is 0. The monoisotopic (exact) mass is 467 g/mol. The van der Waals surface area contributed by atoms with Gasteiger partial charge in [-0.25, -0.2) is 4.98 Å². The van der Waals surface area contributed by atoms with Crippen LogP contribution in [0.4, 0.5) is 11.4 Å². The smallest absolute Gasteiger partial charge is 0.255 e. The zero-order valence-electron chi connectivity index (χ0n) is 16.5. The number of rotatable bonds is 6. The number of hydrogen-bond donors (Lipinski definition) is 1. The lowest BCUT2D eigenvalue weighted by molar-refractivity contribution is -0.115. The van der Waals surface area contributed by atoms with Crippen molar-refractivity contribution in [3.05, 3.63) is 83.4 Å². The minimum atomic E-state index is -0.226. The van der Waals surface area contributed by atoms with Crippen molar-refractivity contribution in [2.24, 2.45) is 0 Å². The van der Waals surface area contributed by atoms with Crippen LogP contribution < -0.4 is 10.2 Å². The van der Waals surface area contributed by atoms with E-state index in [1.165, 1.54) is 23.1 Å². The molecule has 1 aromatic heterocycles. The summed E-state index contributed by atoms with van der Waals surface area (Å²) in [5, 5.41) is 3.40. The zero-order valence-corrected chi connectivity index (χ0v) is 18.9. The molecule has 0 radical (unpaired) electrons. The molecule has 0 aliphatic heterocycles. The van der Waals surface area contributed by atoms with Crippen molar-refractivity contribution in [1.29, 1.82) is 0 Å². The second kappa shape index (κ2) is 9.51. The van der Waals surface area contributed by atoms with Crippen LogP contribution in [0, 0.1) is 0 Å². The highest BCUT2D eigenvalue weighted by molar-refractivity contribution is 8.01. The van der Waals surface area contributed by atoms with Gasteiger partial charge in [-0.3, -0.25) is 9.59 Å². The van der Waals surface area contributed by atoms with Gasteiger partial charge in [-0.2, -0.15) is 0 Å². The van der Waals surface area contributed by atoms with E-state index in [9.17, 15) is 9.59 Å². The minimum Gasteiger partial charge on any atom is -0.322 e. The third-order valence-corrected chi connectivity index (χ3v) is 6.93. The van der Waals surface area contributed by atoms with Crippen molar-refractivity contribution in [1.82, 2.24) is 4.98 Å². The number of thioether (sulfide) groups is 1. The van der Waals surface area contributed by atoms with Crippen LogP contribution in [0.1, 0.15) is 10.4 Å². The van der Waals surface area contributed by atoms with Crippen molar-refractivity contribution in [2.75, 3.05) is 23.0 Å². The summed E-state index contributed by atoms with van der Waals surface area (Å²) in [5.41, 5.74) is 2.86. The molecule has 0 saturated heterocycles. The molecule has 0 spiro atoms. The normalized spacial score (nSPS) is 10.8. The first kappa shape index (κ1) is 21.4. The number of carbonyl (C=O) groups excluding carboxylic acids is 2. The van der Waals surface area contributed by atoms with Gasteiger partial charge in [0.15, 0.2) is 4.34 Å². The number of halogens is 1. The highest BCUT2D eigenvalue weighted by atomic mass is 35.5. The van der Waals surface area contributed by atoms with Crippen LogP contribution in [0.3, 0.4) is 0 Å². The lowest BCUT2D eigenvalue weighted by Gasteiger charge is -2.16. The van der Waals surface area contributed by atoms with Crippen LogP contribution in [0.25, 0.3) is 10.2 Å². The molecular weight excluding hydrogens is 450 g/mol. The molecule has 0 unspecified atom stereocenters. The number of aromatic nitrogens is 1. The van der Waals surface area contributed by atoms with E-state index in [2.05, 4.69) is 10.3 Å². The molecule has 1 heterocycles. The molecule has 2 amide bonds. The number of amides is 2. The Bertz CT molecular complexity index is 1240. The molecular formula is C23H18ClN3O2S2. The molecule has 31 heavy (non-hydrogen) atoms. The van der Waals surface area contributed by atoms with E-state index in [-0.39, 0.29) is 11.8 Å². The first-order valence-corrected chi connectivity index (χ1v) is 11.6. The molecule has 8 heteroatoms. The van der Waals surface area contributed by atoms with Gasteiger partial charge in [0, 0.05) is 29.0 Å². The number of nitrogens with one attached hydrogen (secondary N) is 1. The molecule has 4 aromatic rings. The van der Waals surface area contributed by atoms with Gasteiger partial charge in [0.1, 0.15) is 0 Å². The molecule has 0 atom stereocenters. The average Bonchev–Trinajstić information content (AvgIpc) is 3.19. The fourth-order valence-corrected chi connectivity index (χ4v) is 5.10. The van der Waals surface area contributed by atoms with E-state index in [0.717, 1.165) is 20.2 Å². The number of hydrogen-bond acceptors (Lipinski definition) is 5. The summed E-state index contributed by atoms with van der Waals surface area (Å²) in [6.07, 6.45) is 0. The van der Waals surface area contributed by atoms with E-state index in [1.54, 1.807) is 36.2 Å². The minimum absolute atomic E-state index is 0.00457. The Morgan fingerprint density at radius 1 is 1.06 bits per heavy atom. The summed E-state index contributed by atoms with van der Waals surface area (Å²) in [4.78, 5) is 31.2. The molecule has 4 rings (SSSR count). The maximum Gasteiger partial charge on any atom is 0.255 e. The largest absolute Gasteiger partial charge is 0.322 e. The molecule has 156 valence electrons. The Morgan fingerprint density at radius 2 is 1.87 bits per heavy atom. The first-order valence-electron chi connectivity index (χ1n) is 9.41. The fraction of sp³-hybridized carbons (Fsp3) is 0.0870. The van der Waals surface area contributed by atoms with Gasteiger partial charge in [-0.15, -0.1) is 11.3 Å². The van der Waals surface area contributed by atoms with Crippen LogP contribution in [0.15, 0.2) is 77.1 Å². The van der Waals surface area contributed by atoms with E-state index in [4.69, 9.17) is 11.6 Å². The van der Waals surface area contributed by atoms with Crippen molar-refractivity contribution < 1.29 is 9.59 Å². The summed E-state index contributed by atoms with van der Waals surface area (Å²) in [7, 11) is 1.77. The van der Waals surface area contributed by atoms with Crippen molar-refractivity contribution in [2.45, 2.75) is 4.34 Å². The number of anilines is 2. The highest BCUT2D eigenvalue weighted by Crippen LogP contribution is 2.31. The van der Waals surface area contributed by atoms with Crippen LogP contribution >= 0.6 is 34.7 Å². The van der Waals surface area contributed by atoms with Gasteiger partial charge in [-0.05, 0) is 48.5 Å². The van der Waals surface area contributed by atoms with Crippen LogP contribution in [0.5, 0.6) is 0 Å². The SMILES string of the molecule is CN(C(=O)CSc1nc2ccc(NC(=O)c3cccc(Cl)c3)cc2s1)c1ccccc1. The molecule has 0 bridgehead atoms. The molecule has 1 N–H and O–H groups in total. The Hall–Kier alpha value is -2.87. The maximum absolute atomic E-state index is 12.5. The Morgan fingerprint density at radius 3 is 2.65 bits per heavy atom. The van der Waals surface area contributed by atoms with E-state index < -0.39 is 0 Å². The van der Waals surface area contributed by atoms with Crippen molar-refractivity contribution in [3.63, 3.8) is 0 Å². The first-order chi connectivity index (χ1) is 15.0. The summed E-state index contributed by atoms with van der Waals surface area (Å²) in [5.74, 6) is 0.0734. The topological polar surface area (TPSA) is 62.3 Å². The predicted octanol–water partition coefficient (Wildman–Crippen LogP) is 5.96. The number of fused-ring (bicyclic) bond motifs is 1. The van der Waals surface area contributed by atoms with Crippen molar-refractivity contribution >= 4 is 68.1 Å². The Kier molecular flexibility index (Phi) is 6.56. The Balaban J connectivity index is 1.41. The lowest BCUT2D eigenvalue weighted by atomic mass is 10.2. The maximum atomic E-state index is 12.5. The summed E-state index contributed by atoms with van der Waals surface area (Å²) >= 11 is 8.87. The second-order valence-corrected chi connectivity index (χ2v) is 9.39. The van der Waals surface area contributed by atoms with Gasteiger partial charge >= 0.3 is 0 Å². The van der Waals surface area contributed by atoms with Crippen LogP contribution in [-0.4, -0.2) is 29.6 Å². The molecule has 3 aromatic carbocycles. The third kappa shape index (κ3) is 5.25. The zero-order chi connectivity index (χ0) is 21.8. The van der Waals surface area contributed by atoms with Gasteiger partial charge in [-0.1, -0.05) is 47.6 Å². The van der Waals surface area contributed by atoms with Gasteiger partial charge in [0.2, 0.25) is 5.91 Å². The molecule has 5 nitrogen and oxygen atoms in total. The third-order valence-electron chi connectivity index (χ3n) is 4.55. The highest BCUT2D eigenvalue weighted by Gasteiger charge is 2.14. The number of thiazole rings is 1.